The van der Waals surface area contributed by atoms with Gasteiger partial charge >= 0.3 is 34.5 Å². The first-order valence-corrected chi connectivity index (χ1v) is 24.0. The molecule has 0 radical (unpaired) electrons. The van der Waals surface area contributed by atoms with Crippen molar-refractivity contribution in [2.24, 2.45) is 11.5 Å². The van der Waals surface area contributed by atoms with Gasteiger partial charge in [0.05, 0.1) is 0 Å². The van der Waals surface area contributed by atoms with Crippen molar-refractivity contribution in [3.8, 4) is 0 Å². The third kappa shape index (κ3) is 12.2. The van der Waals surface area contributed by atoms with Crippen molar-refractivity contribution < 1.29 is 15.1 Å². The third-order valence-corrected chi connectivity index (χ3v) is 14.1. The van der Waals surface area contributed by atoms with E-state index in [0.717, 1.165) is 11.1 Å². The summed E-state index contributed by atoms with van der Waals surface area (Å²) in [4.78, 5) is 0. The van der Waals surface area contributed by atoms with E-state index in [-0.39, 0.29) is 27.2 Å². The van der Waals surface area contributed by atoms with Crippen LogP contribution in [-0.4, -0.2) is 11.3 Å². The van der Waals surface area contributed by atoms with Crippen molar-refractivity contribution in [1.82, 2.24) is 0 Å². The summed E-state index contributed by atoms with van der Waals surface area (Å²) >= 11 is -0.346. The van der Waals surface area contributed by atoms with E-state index in [9.17, 15) is 0 Å². The van der Waals surface area contributed by atoms with Crippen molar-refractivity contribution in [2.45, 2.75) is 43.7 Å². The molecule has 0 bridgehead atoms. The maximum absolute atomic E-state index is 6.15. The molecule has 4 N–H and O–H groups in total. The van der Waals surface area contributed by atoms with Crippen LogP contribution in [0.3, 0.4) is 0 Å². The first kappa shape index (κ1) is 40.1. The molecular weight excluding hydrogens is 778 g/mol. The van der Waals surface area contributed by atoms with Crippen molar-refractivity contribution in [2.75, 3.05) is 0 Å². The Hall–Kier alpha value is -2.70. The van der Waals surface area contributed by atoms with Gasteiger partial charge in [-0.2, -0.15) is 0 Å². The molecule has 0 spiro atoms. The molecule has 0 amide bonds. The number of nitrogens with two attached hydrogens (primary N) is 2. The third-order valence-electron chi connectivity index (χ3n) is 8.46. The SMILES string of the molecule is C[C@@H](C[C@H](C)P(c1ccccc1)c1ccccc1)P(c1ccccc1)c1ccccc1.N[C@H](c1ccccc1)[C@H](N)c1ccccc1.[Cl][Ru][Cl]. The second-order valence-corrected chi connectivity index (χ2v) is 19.9. The fourth-order valence-electron chi connectivity index (χ4n) is 6.14. The zero-order chi connectivity index (χ0) is 35.6. The molecular formula is C43H46Cl2N2P2Ru. The van der Waals surface area contributed by atoms with E-state index >= 15 is 0 Å². The summed E-state index contributed by atoms with van der Waals surface area (Å²) in [5.41, 5.74) is 15.6. The Kier molecular flexibility index (Phi) is 17.9. The Morgan fingerprint density at radius 3 is 0.840 bits per heavy atom. The molecule has 0 aromatic heterocycles. The number of rotatable bonds is 11. The molecule has 4 atom stereocenters. The van der Waals surface area contributed by atoms with E-state index in [1.165, 1.54) is 27.6 Å². The van der Waals surface area contributed by atoms with Crippen LogP contribution in [0.4, 0.5) is 0 Å². The predicted octanol–water partition coefficient (Wildman–Crippen LogP) is 10.2. The summed E-state index contributed by atoms with van der Waals surface area (Å²) in [6.45, 7) is 4.93. The zero-order valence-corrected chi connectivity index (χ0v) is 33.5. The quantitative estimate of drug-likeness (QED) is 0.101. The first-order valence-electron chi connectivity index (χ1n) is 16.7. The van der Waals surface area contributed by atoms with Gasteiger partial charge in [0.25, 0.3) is 0 Å². The van der Waals surface area contributed by atoms with E-state index in [2.05, 4.69) is 135 Å². The van der Waals surface area contributed by atoms with Crippen LogP contribution in [0.2, 0.25) is 0 Å². The molecule has 6 aromatic carbocycles. The molecule has 0 saturated heterocycles. The van der Waals surface area contributed by atoms with E-state index < -0.39 is 15.8 Å². The molecule has 6 rings (SSSR count). The second-order valence-electron chi connectivity index (χ2n) is 11.9. The van der Waals surface area contributed by atoms with Crippen LogP contribution in [-0.2, 0) is 15.1 Å². The number of hydrogen-bond acceptors (Lipinski definition) is 2. The first-order chi connectivity index (χ1) is 24.4. The molecule has 7 heteroatoms. The molecule has 0 aliphatic carbocycles. The fourth-order valence-corrected chi connectivity index (χ4v) is 12.0. The molecule has 0 aliphatic heterocycles. The van der Waals surface area contributed by atoms with Crippen LogP contribution in [0.5, 0.6) is 0 Å². The molecule has 50 heavy (non-hydrogen) atoms. The summed E-state index contributed by atoms with van der Waals surface area (Å²) in [7, 11) is 8.91. The van der Waals surface area contributed by atoms with Gasteiger partial charge in [0.2, 0.25) is 0 Å². The normalized spacial score (nSPS) is 13.3. The summed E-state index contributed by atoms with van der Waals surface area (Å²) in [5, 5.41) is 5.92. The molecule has 0 heterocycles. The van der Waals surface area contributed by atoms with Crippen molar-refractivity contribution in [1.29, 1.82) is 0 Å². The van der Waals surface area contributed by atoms with Gasteiger partial charge in [0.15, 0.2) is 0 Å². The summed E-state index contributed by atoms with van der Waals surface area (Å²) in [5.74, 6) is 0. The number of halogens is 2. The Labute approximate surface area is 317 Å². The maximum atomic E-state index is 6.15. The Balaban J connectivity index is 0.000000247. The molecule has 6 aromatic rings. The molecule has 0 aliphatic rings. The molecule has 2 nitrogen and oxygen atoms in total. The molecule has 0 fully saturated rings. The Bertz CT molecular complexity index is 1530. The van der Waals surface area contributed by atoms with Gasteiger partial charge in [-0.1, -0.05) is 196 Å². The van der Waals surface area contributed by atoms with Crippen LogP contribution >= 0.6 is 35.2 Å². The molecule has 0 saturated carbocycles. The van der Waals surface area contributed by atoms with Gasteiger partial charge in [0.1, 0.15) is 0 Å². The summed E-state index contributed by atoms with van der Waals surface area (Å²) in [6, 6.07) is 64.1. The van der Waals surface area contributed by atoms with Crippen molar-refractivity contribution in [3.05, 3.63) is 193 Å². The standard InChI is InChI=1S/C29H30P2.C14H16N2.2ClH.Ru/c1-24(30(26-15-7-3-8-16-26)27-17-9-4-10-18-27)23-25(2)31(28-19-11-5-12-20-28)29-21-13-6-14-22-29;15-13(11-7-3-1-4-8-11)14(16)12-9-5-2-6-10-12;;;/h3-22,24-25H,23H2,1-2H3;1-10,13-14H,15-16H2;2*1H;/q;;;;+2/p-2/t24-,25-;13-,14-;;;/m01.../s1. The Morgan fingerprint density at radius 1 is 0.420 bits per heavy atom. The van der Waals surface area contributed by atoms with Gasteiger partial charge in [-0.15, -0.1) is 0 Å². The van der Waals surface area contributed by atoms with Crippen LogP contribution < -0.4 is 32.7 Å². The average molecular weight is 825 g/mol. The second kappa shape index (κ2) is 22.3. The number of benzene rings is 6. The van der Waals surface area contributed by atoms with E-state index in [1.54, 1.807) is 0 Å². The minimum atomic E-state index is -0.397. The van der Waals surface area contributed by atoms with E-state index in [0.29, 0.717) is 11.3 Å². The zero-order valence-electron chi connectivity index (χ0n) is 28.5. The minimum absolute atomic E-state index is 0.163. The van der Waals surface area contributed by atoms with Crippen LogP contribution in [0.15, 0.2) is 182 Å². The van der Waals surface area contributed by atoms with Gasteiger partial charge in [-0.25, -0.2) is 0 Å². The number of hydrogen-bond donors (Lipinski definition) is 2. The van der Waals surface area contributed by atoms with Crippen LogP contribution in [0, 0.1) is 0 Å². The van der Waals surface area contributed by atoms with Crippen LogP contribution in [0.25, 0.3) is 0 Å². The summed E-state index contributed by atoms with van der Waals surface area (Å²) < 4.78 is 0. The van der Waals surface area contributed by atoms with Gasteiger partial charge < -0.3 is 11.5 Å². The topological polar surface area (TPSA) is 52.0 Å². The van der Waals surface area contributed by atoms with Crippen molar-refractivity contribution in [3.63, 3.8) is 0 Å². The molecule has 0 unspecified atom stereocenters. The van der Waals surface area contributed by atoms with E-state index in [4.69, 9.17) is 30.8 Å². The van der Waals surface area contributed by atoms with Gasteiger partial charge in [0, 0.05) is 12.1 Å². The van der Waals surface area contributed by atoms with Crippen molar-refractivity contribution >= 4 is 56.4 Å². The van der Waals surface area contributed by atoms with Gasteiger partial charge in [-0.05, 0) is 65.9 Å². The van der Waals surface area contributed by atoms with Gasteiger partial charge in [-0.3, -0.25) is 0 Å². The summed E-state index contributed by atoms with van der Waals surface area (Å²) in [6.07, 6.45) is 1.21. The Morgan fingerprint density at radius 2 is 0.620 bits per heavy atom. The monoisotopic (exact) mass is 824 g/mol. The fraction of sp³-hybridized carbons (Fsp3) is 0.163. The predicted molar refractivity (Wildman–Crippen MR) is 220 cm³/mol. The van der Waals surface area contributed by atoms with Crippen LogP contribution in [0.1, 0.15) is 43.5 Å². The van der Waals surface area contributed by atoms with E-state index in [1.807, 2.05) is 60.7 Å². The molecule has 260 valence electrons. The average Bonchev–Trinajstić information content (AvgIpc) is 3.17.